The van der Waals surface area contributed by atoms with Gasteiger partial charge in [0.1, 0.15) is 5.75 Å². The van der Waals surface area contributed by atoms with Crippen LogP contribution < -0.4 is 4.74 Å². The average Bonchev–Trinajstić information content (AvgIpc) is 2.71. The zero-order valence-corrected chi connectivity index (χ0v) is 14.4. The van der Waals surface area contributed by atoms with Crippen molar-refractivity contribution in [2.75, 3.05) is 7.11 Å². The van der Waals surface area contributed by atoms with Gasteiger partial charge < -0.3 is 4.74 Å². The topological polar surface area (TPSA) is 33.0 Å². The minimum absolute atomic E-state index is 0.616. The summed E-state index contributed by atoms with van der Waals surface area (Å²) in [5.74, 6) is 0.742. The number of allylic oxidation sites excluding steroid dienone is 1. The highest BCUT2D eigenvalue weighted by Crippen LogP contribution is 2.32. The predicted molar refractivity (Wildman–Crippen MR) is 108 cm³/mol. The molecule has 4 aromatic rings. The first-order valence-electron chi connectivity index (χ1n) is 8.47. The van der Waals surface area contributed by atoms with Crippen LogP contribution in [0.15, 0.2) is 78.9 Å². The van der Waals surface area contributed by atoms with Gasteiger partial charge in [-0.25, -0.2) is 0 Å². The van der Waals surface area contributed by atoms with Crippen LogP contribution in [0.25, 0.3) is 33.2 Å². The second-order valence-corrected chi connectivity index (χ2v) is 6.13. The Bertz CT molecular complexity index is 1130. The molecular formula is C24H17NO. The highest BCUT2D eigenvalue weighted by molar-refractivity contribution is 6.10. The van der Waals surface area contributed by atoms with Gasteiger partial charge in [-0.05, 0) is 56.9 Å². The number of ether oxygens (including phenoxy) is 1. The molecule has 0 spiro atoms. The minimum atomic E-state index is 0.616. The molecule has 0 aliphatic rings. The van der Waals surface area contributed by atoms with Crippen molar-refractivity contribution in [2.45, 2.75) is 0 Å². The van der Waals surface area contributed by atoms with Crippen LogP contribution in [0.5, 0.6) is 5.75 Å². The van der Waals surface area contributed by atoms with Gasteiger partial charge in [-0.15, -0.1) is 0 Å². The summed E-state index contributed by atoms with van der Waals surface area (Å²) in [4.78, 5) is 0. The molecule has 0 N–H and O–H groups in total. The van der Waals surface area contributed by atoms with E-state index >= 15 is 0 Å². The largest absolute Gasteiger partial charge is 0.497 e. The molecule has 0 saturated heterocycles. The molecule has 0 bridgehead atoms. The molecule has 2 nitrogen and oxygen atoms in total. The Hall–Kier alpha value is -3.57. The first-order valence-corrected chi connectivity index (χ1v) is 8.47. The number of fused-ring (bicyclic) bond motifs is 2. The molecular weight excluding hydrogens is 318 g/mol. The molecule has 0 radical (unpaired) electrons. The fraction of sp³-hybridized carbons (Fsp3) is 0.0417. The van der Waals surface area contributed by atoms with Crippen LogP contribution >= 0.6 is 0 Å². The maximum absolute atomic E-state index is 9.79. The second kappa shape index (κ2) is 6.74. The number of nitrogens with zero attached hydrogens (tertiary/aromatic N) is 1. The Kier molecular flexibility index (Phi) is 4.13. The molecule has 4 rings (SSSR count). The monoisotopic (exact) mass is 335 g/mol. The van der Waals surface area contributed by atoms with Gasteiger partial charge in [0.15, 0.2) is 0 Å². The quantitative estimate of drug-likeness (QED) is 0.259. The number of rotatable bonds is 3. The lowest BCUT2D eigenvalue weighted by molar-refractivity contribution is 0.414. The lowest BCUT2D eigenvalue weighted by Crippen LogP contribution is -1.88. The van der Waals surface area contributed by atoms with Gasteiger partial charge in [0, 0.05) is 0 Å². The van der Waals surface area contributed by atoms with E-state index in [0.717, 1.165) is 27.6 Å². The van der Waals surface area contributed by atoms with E-state index < -0.39 is 0 Å². The lowest BCUT2D eigenvalue weighted by atomic mass is 9.94. The summed E-state index contributed by atoms with van der Waals surface area (Å²) in [5, 5.41) is 14.4. The molecule has 0 aliphatic carbocycles. The molecule has 0 amide bonds. The highest BCUT2D eigenvalue weighted by atomic mass is 16.5. The Morgan fingerprint density at radius 3 is 2.12 bits per heavy atom. The van der Waals surface area contributed by atoms with E-state index in [-0.39, 0.29) is 0 Å². The summed E-state index contributed by atoms with van der Waals surface area (Å²) >= 11 is 0. The van der Waals surface area contributed by atoms with Gasteiger partial charge in [0.05, 0.1) is 18.8 Å². The number of methoxy groups -OCH3 is 1. The molecule has 0 unspecified atom stereocenters. The first-order chi connectivity index (χ1) is 12.8. The summed E-state index contributed by atoms with van der Waals surface area (Å²) < 4.78 is 5.30. The first kappa shape index (κ1) is 15.9. The van der Waals surface area contributed by atoms with Crippen molar-refractivity contribution in [2.24, 2.45) is 0 Å². The summed E-state index contributed by atoms with van der Waals surface area (Å²) in [6.45, 7) is 0. The van der Waals surface area contributed by atoms with Gasteiger partial charge in [0.25, 0.3) is 0 Å². The van der Waals surface area contributed by atoms with Gasteiger partial charge in [-0.2, -0.15) is 5.26 Å². The Labute approximate surface area is 152 Å². The maximum atomic E-state index is 9.79. The molecule has 0 heterocycles. The fourth-order valence-corrected chi connectivity index (χ4v) is 3.32. The van der Waals surface area contributed by atoms with Crippen molar-refractivity contribution in [3.63, 3.8) is 0 Å². The van der Waals surface area contributed by atoms with Crippen LogP contribution in [-0.2, 0) is 0 Å². The predicted octanol–water partition coefficient (Wildman–Crippen LogP) is 6.07. The standard InChI is InChI=1S/C24H17NO/c1-26-21-10-6-9-17(14-21)20(16-25)15-24-22-11-4-2-7-18(22)13-19-8-3-5-12-23(19)24/h2-15H,1H3/b20-15+. The second-order valence-electron chi connectivity index (χ2n) is 6.13. The van der Waals surface area contributed by atoms with E-state index in [9.17, 15) is 5.26 Å². The zero-order valence-electron chi connectivity index (χ0n) is 14.4. The number of nitriles is 1. The third-order valence-corrected chi connectivity index (χ3v) is 4.60. The summed E-state index contributed by atoms with van der Waals surface area (Å²) in [7, 11) is 1.63. The van der Waals surface area contributed by atoms with Crippen molar-refractivity contribution < 1.29 is 4.74 Å². The highest BCUT2D eigenvalue weighted by Gasteiger charge is 2.09. The summed E-state index contributed by atoms with van der Waals surface area (Å²) in [6.07, 6.45) is 1.99. The van der Waals surface area contributed by atoms with E-state index in [4.69, 9.17) is 4.74 Å². The zero-order chi connectivity index (χ0) is 17.9. The van der Waals surface area contributed by atoms with Crippen molar-refractivity contribution in [1.82, 2.24) is 0 Å². The smallest absolute Gasteiger partial charge is 0.119 e. The fourth-order valence-electron chi connectivity index (χ4n) is 3.32. The van der Waals surface area contributed by atoms with Crippen LogP contribution in [0.3, 0.4) is 0 Å². The summed E-state index contributed by atoms with van der Waals surface area (Å²) in [6, 6.07) is 28.7. The molecule has 0 fully saturated rings. The van der Waals surface area contributed by atoms with Crippen LogP contribution in [-0.4, -0.2) is 7.11 Å². The van der Waals surface area contributed by atoms with Gasteiger partial charge in [0.2, 0.25) is 0 Å². The van der Waals surface area contributed by atoms with Crippen molar-refractivity contribution in [3.05, 3.63) is 90.0 Å². The van der Waals surface area contributed by atoms with Crippen LogP contribution in [0.4, 0.5) is 0 Å². The molecule has 2 heteroatoms. The Balaban J connectivity index is 2.02. The van der Waals surface area contributed by atoms with Crippen LogP contribution in [0.1, 0.15) is 11.1 Å². The van der Waals surface area contributed by atoms with E-state index in [1.54, 1.807) is 7.11 Å². The van der Waals surface area contributed by atoms with Crippen LogP contribution in [0, 0.1) is 11.3 Å². The van der Waals surface area contributed by atoms with Crippen molar-refractivity contribution in [1.29, 1.82) is 5.26 Å². The Morgan fingerprint density at radius 1 is 0.846 bits per heavy atom. The molecule has 0 atom stereocenters. The van der Waals surface area contributed by atoms with E-state index in [1.807, 2.05) is 54.6 Å². The van der Waals surface area contributed by atoms with Gasteiger partial charge in [-0.1, -0.05) is 60.7 Å². The summed E-state index contributed by atoms with van der Waals surface area (Å²) in [5.41, 5.74) is 2.53. The number of hydrogen-bond donors (Lipinski definition) is 0. The molecule has 0 saturated carbocycles. The third kappa shape index (κ3) is 2.81. The Morgan fingerprint density at radius 2 is 1.50 bits per heavy atom. The molecule has 4 aromatic carbocycles. The van der Waals surface area contributed by atoms with Gasteiger partial charge in [-0.3, -0.25) is 0 Å². The average molecular weight is 335 g/mol. The van der Waals surface area contributed by atoms with Gasteiger partial charge >= 0.3 is 0 Å². The van der Waals surface area contributed by atoms with E-state index in [1.165, 1.54) is 10.8 Å². The maximum Gasteiger partial charge on any atom is 0.119 e. The molecule has 26 heavy (non-hydrogen) atoms. The molecule has 124 valence electrons. The third-order valence-electron chi connectivity index (χ3n) is 4.60. The lowest BCUT2D eigenvalue weighted by Gasteiger charge is -2.10. The number of hydrogen-bond acceptors (Lipinski definition) is 2. The van der Waals surface area contributed by atoms with E-state index in [0.29, 0.717) is 5.57 Å². The molecule has 0 aliphatic heterocycles. The number of benzene rings is 4. The molecule has 0 aromatic heterocycles. The van der Waals surface area contributed by atoms with Crippen molar-refractivity contribution >= 4 is 33.2 Å². The SMILES string of the molecule is COc1cccc(/C(C#N)=C/c2c3ccccc3cc3ccccc23)c1. The van der Waals surface area contributed by atoms with E-state index in [2.05, 4.69) is 36.4 Å². The normalized spacial score (nSPS) is 11.5. The van der Waals surface area contributed by atoms with Crippen LogP contribution in [0.2, 0.25) is 0 Å². The minimum Gasteiger partial charge on any atom is -0.497 e. The van der Waals surface area contributed by atoms with Crippen molar-refractivity contribution in [3.8, 4) is 11.8 Å².